The smallest absolute Gasteiger partial charge is 0.150 e. The quantitative estimate of drug-likeness (QED) is 0.430. The van der Waals surface area contributed by atoms with Crippen molar-refractivity contribution in [1.29, 1.82) is 0 Å². The van der Waals surface area contributed by atoms with Gasteiger partial charge in [0.1, 0.15) is 5.82 Å². The van der Waals surface area contributed by atoms with E-state index in [0.717, 1.165) is 5.56 Å². The average molecular weight is 192 g/mol. The molecule has 1 aromatic rings. The molecule has 76 valence electrons. The molecule has 1 rings (SSSR count). The summed E-state index contributed by atoms with van der Waals surface area (Å²) in [5.74, 6) is 6.11. The maximum absolute atomic E-state index is 5.42. The van der Waals surface area contributed by atoms with Gasteiger partial charge in [0.05, 0.1) is 6.04 Å². The lowest BCUT2D eigenvalue weighted by Gasteiger charge is -2.10. The summed E-state index contributed by atoms with van der Waals surface area (Å²) in [6.07, 6.45) is 5.56. The van der Waals surface area contributed by atoms with Gasteiger partial charge in [-0.1, -0.05) is 11.6 Å². The van der Waals surface area contributed by atoms with Gasteiger partial charge >= 0.3 is 0 Å². The minimum absolute atomic E-state index is 0.111. The summed E-state index contributed by atoms with van der Waals surface area (Å²) >= 11 is 0. The third kappa shape index (κ3) is 2.90. The van der Waals surface area contributed by atoms with Crippen molar-refractivity contribution in [3.63, 3.8) is 0 Å². The molecule has 0 aliphatic rings. The van der Waals surface area contributed by atoms with Crippen molar-refractivity contribution in [2.24, 2.45) is 5.84 Å². The van der Waals surface area contributed by atoms with Gasteiger partial charge in [-0.05, 0) is 26.3 Å². The van der Waals surface area contributed by atoms with E-state index in [1.54, 1.807) is 12.4 Å². The summed E-state index contributed by atoms with van der Waals surface area (Å²) < 4.78 is 0. The number of aromatic nitrogens is 2. The molecular formula is C10H16N4. The normalized spacial score (nSPS) is 12.3. The van der Waals surface area contributed by atoms with Crippen LogP contribution < -0.4 is 11.3 Å². The fourth-order valence-electron chi connectivity index (χ4n) is 1.09. The van der Waals surface area contributed by atoms with E-state index < -0.39 is 0 Å². The third-order valence-corrected chi connectivity index (χ3v) is 1.76. The Kier molecular flexibility index (Phi) is 3.73. The molecule has 4 nitrogen and oxygen atoms in total. The van der Waals surface area contributed by atoms with E-state index in [4.69, 9.17) is 5.84 Å². The largest absolute Gasteiger partial charge is 0.270 e. The van der Waals surface area contributed by atoms with Gasteiger partial charge in [0.15, 0.2) is 0 Å². The predicted octanol–water partition coefficient (Wildman–Crippen LogP) is 1.26. The van der Waals surface area contributed by atoms with E-state index in [0.29, 0.717) is 5.82 Å². The van der Waals surface area contributed by atoms with Gasteiger partial charge in [-0.25, -0.2) is 15.4 Å². The summed E-state index contributed by atoms with van der Waals surface area (Å²) in [4.78, 5) is 8.41. The summed E-state index contributed by atoms with van der Waals surface area (Å²) in [6, 6.07) is -0.111. The van der Waals surface area contributed by atoms with Crippen LogP contribution in [0.5, 0.6) is 0 Å². The van der Waals surface area contributed by atoms with Crippen LogP contribution in [0.4, 0.5) is 0 Å². The van der Waals surface area contributed by atoms with Crippen LogP contribution in [-0.2, 0) is 0 Å². The molecule has 0 bridgehead atoms. The molecule has 0 spiro atoms. The third-order valence-electron chi connectivity index (χ3n) is 1.76. The second-order valence-corrected chi connectivity index (χ2v) is 3.51. The number of nitrogens with one attached hydrogen (secondary N) is 1. The first kappa shape index (κ1) is 10.8. The van der Waals surface area contributed by atoms with Crippen LogP contribution in [0.3, 0.4) is 0 Å². The van der Waals surface area contributed by atoms with E-state index in [-0.39, 0.29) is 6.04 Å². The maximum atomic E-state index is 5.42. The Hall–Kier alpha value is -1.26. The number of allylic oxidation sites excluding steroid dienone is 1. The second kappa shape index (κ2) is 4.83. The number of hydrogen-bond donors (Lipinski definition) is 2. The van der Waals surface area contributed by atoms with E-state index in [2.05, 4.69) is 15.4 Å². The predicted molar refractivity (Wildman–Crippen MR) is 56.3 cm³/mol. The Morgan fingerprint density at radius 1 is 1.43 bits per heavy atom. The van der Waals surface area contributed by atoms with Gasteiger partial charge in [-0.3, -0.25) is 5.84 Å². The zero-order chi connectivity index (χ0) is 10.6. The highest BCUT2D eigenvalue weighted by atomic mass is 15.2. The Morgan fingerprint density at radius 3 is 2.43 bits per heavy atom. The summed E-state index contributed by atoms with van der Waals surface area (Å²) in [6.45, 7) is 5.98. The van der Waals surface area contributed by atoms with Crippen LogP contribution >= 0.6 is 0 Å². The van der Waals surface area contributed by atoms with Crippen molar-refractivity contribution < 1.29 is 0 Å². The minimum Gasteiger partial charge on any atom is -0.270 e. The SMILES string of the molecule is CC(C)=CC(NN)c1ncc(C)cn1. The molecule has 3 N–H and O–H groups in total. The number of nitrogens with two attached hydrogens (primary N) is 1. The number of aryl methyl sites for hydroxylation is 1. The standard InChI is InChI=1S/C10H16N4/c1-7(2)4-9(14-11)10-12-5-8(3)6-13-10/h4-6,9,14H,11H2,1-3H3. The minimum atomic E-state index is -0.111. The van der Waals surface area contributed by atoms with Gasteiger partial charge in [-0.15, -0.1) is 0 Å². The fourth-order valence-corrected chi connectivity index (χ4v) is 1.09. The van der Waals surface area contributed by atoms with Crippen molar-refractivity contribution in [2.75, 3.05) is 0 Å². The average Bonchev–Trinajstić information content (AvgIpc) is 2.15. The van der Waals surface area contributed by atoms with Gasteiger partial charge < -0.3 is 0 Å². The van der Waals surface area contributed by atoms with Crippen molar-refractivity contribution in [2.45, 2.75) is 26.8 Å². The Morgan fingerprint density at radius 2 is 2.00 bits per heavy atom. The highest BCUT2D eigenvalue weighted by molar-refractivity contribution is 5.11. The molecule has 4 heteroatoms. The van der Waals surface area contributed by atoms with E-state index in [1.807, 2.05) is 26.8 Å². The molecule has 0 aliphatic carbocycles. The first-order valence-corrected chi connectivity index (χ1v) is 4.53. The van der Waals surface area contributed by atoms with Crippen molar-refractivity contribution in [3.05, 3.63) is 35.4 Å². The molecule has 0 radical (unpaired) electrons. The molecule has 1 atom stereocenters. The van der Waals surface area contributed by atoms with Gasteiger partial charge in [-0.2, -0.15) is 0 Å². The molecule has 1 unspecified atom stereocenters. The second-order valence-electron chi connectivity index (χ2n) is 3.51. The Labute approximate surface area is 84.2 Å². The van der Waals surface area contributed by atoms with E-state index >= 15 is 0 Å². The summed E-state index contributed by atoms with van der Waals surface area (Å²) in [7, 11) is 0. The number of hydrogen-bond acceptors (Lipinski definition) is 4. The van der Waals surface area contributed by atoms with Crippen molar-refractivity contribution in [3.8, 4) is 0 Å². The highest BCUT2D eigenvalue weighted by Gasteiger charge is 2.08. The van der Waals surface area contributed by atoms with Gasteiger partial charge in [0, 0.05) is 12.4 Å². The zero-order valence-electron chi connectivity index (χ0n) is 8.78. The first-order chi connectivity index (χ1) is 6.63. The van der Waals surface area contributed by atoms with Crippen molar-refractivity contribution in [1.82, 2.24) is 15.4 Å². The molecule has 0 saturated carbocycles. The topological polar surface area (TPSA) is 63.8 Å². The van der Waals surface area contributed by atoms with Gasteiger partial charge in [0.2, 0.25) is 0 Å². The molecule has 1 heterocycles. The zero-order valence-corrected chi connectivity index (χ0v) is 8.78. The molecule has 0 aromatic carbocycles. The number of hydrazine groups is 1. The van der Waals surface area contributed by atoms with Crippen LogP contribution in [0.25, 0.3) is 0 Å². The van der Waals surface area contributed by atoms with Crippen LogP contribution in [0, 0.1) is 6.92 Å². The van der Waals surface area contributed by atoms with E-state index in [9.17, 15) is 0 Å². The van der Waals surface area contributed by atoms with Crippen LogP contribution in [0.1, 0.15) is 31.3 Å². The lowest BCUT2D eigenvalue weighted by atomic mass is 10.2. The molecule has 1 aromatic heterocycles. The number of nitrogens with zero attached hydrogens (tertiary/aromatic N) is 2. The van der Waals surface area contributed by atoms with Crippen molar-refractivity contribution >= 4 is 0 Å². The molecule has 0 aliphatic heterocycles. The highest BCUT2D eigenvalue weighted by Crippen LogP contribution is 2.10. The van der Waals surface area contributed by atoms with Gasteiger partial charge in [0.25, 0.3) is 0 Å². The van der Waals surface area contributed by atoms with Crippen LogP contribution in [0.2, 0.25) is 0 Å². The van der Waals surface area contributed by atoms with Crippen LogP contribution in [-0.4, -0.2) is 9.97 Å². The molecule has 0 amide bonds. The Balaban J connectivity index is 2.90. The molecular weight excluding hydrogens is 176 g/mol. The lowest BCUT2D eigenvalue weighted by Crippen LogP contribution is -2.28. The van der Waals surface area contributed by atoms with E-state index in [1.165, 1.54) is 5.57 Å². The maximum Gasteiger partial charge on any atom is 0.150 e. The summed E-state index contributed by atoms with van der Waals surface area (Å²) in [5.41, 5.74) is 4.89. The monoisotopic (exact) mass is 192 g/mol. The number of rotatable bonds is 3. The molecule has 0 saturated heterocycles. The summed E-state index contributed by atoms with van der Waals surface area (Å²) in [5, 5.41) is 0. The van der Waals surface area contributed by atoms with Crippen LogP contribution in [0.15, 0.2) is 24.0 Å². The fraction of sp³-hybridized carbons (Fsp3) is 0.400. The lowest BCUT2D eigenvalue weighted by molar-refractivity contribution is 0.614. The molecule has 0 fully saturated rings. The Bertz CT molecular complexity index is 311. The first-order valence-electron chi connectivity index (χ1n) is 4.53. The molecule has 14 heavy (non-hydrogen) atoms.